The summed E-state index contributed by atoms with van der Waals surface area (Å²) in [5.74, 6) is -2.08. The van der Waals surface area contributed by atoms with Crippen molar-refractivity contribution in [1.82, 2.24) is 14.7 Å². The zero-order valence-corrected chi connectivity index (χ0v) is 17.2. The zero-order chi connectivity index (χ0) is 21.9. The Hall–Kier alpha value is -2.97. The van der Waals surface area contributed by atoms with Crippen LogP contribution >= 0.6 is 0 Å². The zero-order valence-electron chi connectivity index (χ0n) is 17.2. The van der Waals surface area contributed by atoms with Gasteiger partial charge in [0.1, 0.15) is 17.9 Å². The van der Waals surface area contributed by atoms with E-state index in [0.29, 0.717) is 18.4 Å². The summed E-state index contributed by atoms with van der Waals surface area (Å²) in [4.78, 5) is 53.4. The number of hydrogen-bond donors (Lipinski definition) is 0. The van der Waals surface area contributed by atoms with E-state index in [9.17, 15) is 23.6 Å². The van der Waals surface area contributed by atoms with Gasteiger partial charge >= 0.3 is 12.0 Å². The molecule has 162 valence electrons. The second kappa shape index (κ2) is 8.81. The van der Waals surface area contributed by atoms with Crippen LogP contribution in [0.3, 0.4) is 0 Å². The molecule has 8 nitrogen and oxygen atoms in total. The van der Waals surface area contributed by atoms with Crippen LogP contribution in [0.4, 0.5) is 9.18 Å². The molecular weight excluding hydrogens is 393 g/mol. The summed E-state index contributed by atoms with van der Waals surface area (Å²) in [5, 5.41) is 0. The predicted molar refractivity (Wildman–Crippen MR) is 105 cm³/mol. The van der Waals surface area contributed by atoms with Crippen LogP contribution in [-0.4, -0.2) is 71.3 Å². The van der Waals surface area contributed by atoms with E-state index in [2.05, 4.69) is 0 Å². The first-order valence-electron chi connectivity index (χ1n) is 9.98. The lowest BCUT2D eigenvalue weighted by Gasteiger charge is -2.35. The maximum absolute atomic E-state index is 13.3. The molecule has 3 rings (SSSR count). The molecule has 1 aliphatic heterocycles. The monoisotopic (exact) mass is 419 g/mol. The summed E-state index contributed by atoms with van der Waals surface area (Å²) >= 11 is 0. The van der Waals surface area contributed by atoms with Crippen molar-refractivity contribution in [2.45, 2.75) is 44.2 Å². The van der Waals surface area contributed by atoms with Gasteiger partial charge in [0.25, 0.3) is 11.8 Å². The summed E-state index contributed by atoms with van der Waals surface area (Å²) in [5.41, 5.74) is -0.261. The number of nitrogens with zero attached hydrogens (tertiary/aromatic N) is 3. The van der Waals surface area contributed by atoms with Crippen molar-refractivity contribution in [3.8, 4) is 0 Å². The van der Waals surface area contributed by atoms with Crippen molar-refractivity contribution in [1.29, 1.82) is 0 Å². The lowest BCUT2D eigenvalue weighted by molar-refractivity contribution is -0.153. The predicted octanol–water partition coefficient (Wildman–Crippen LogP) is 1.92. The molecule has 1 aromatic carbocycles. The average molecular weight is 419 g/mol. The van der Waals surface area contributed by atoms with Crippen molar-refractivity contribution in [3.63, 3.8) is 0 Å². The first-order chi connectivity index (χ1) is 14.2. The molecule has 1 saturated heterocycles. The topological polar surface area (TPSA) is 87.2 Å². The number of carbonyl (C=O) groups excluding carboxylic acids is 4. The molecule has 2 fully saturated rings. The van der Waals surface area contributed by atoms with Crippen LogP contribution in [0.5, 0.6) is 0 Å². The van der Waals surface area contributed by atoms with E-state index in [1.807, 2.05) is 0 Å². The Kier molecular flexibility index (Phi) is 6.38. The van der Waals surface area contributed by atoms with Gasteiger partial charge in [-0.15, -0.1) is 0 Å². The molecule has 1 saturated carbocycles. The van der Waals surface area contributed by atoms with E-state index < -0.39 is 42.4 Å². The van der Waals surface area contributed by atoms with Crippen LogP contribution in [0.15, 0.2) is 24.3 Å². The molecule has 4 amide bonds. The average Bonchev–Trinajstić information content (AvgIpc) is 2.89. The summed E-state index contributed by atoms with van der Waals surface area (Å²) in [7, 11) is 3.10. The Balaban J connectivity index is 1.52. The highest BCUT2D eigenvalue weighted by atomic mass is 19.1. The second-order valence-electron chi connectivity index (χ2n) is 7.87. The number of halogens is 1. The molecule has 30 heavy (non-hydrogen) atoms. The molecule has 0 radical (unpaired) electrons. The van der Waals surface area contributed by atoms with Crippen LogP contribution in [0.2, 0.25) is 0 Å². The highest BCUT2D eigenvalue weighted by molar-refractivity contribution is 6.08. The van der Waals surface area contributed by atoms with Crippen LogP contribution in [0.1, 0.15) is 37.7 Å². The third-order valence-corrected chi connectivity index (χ3v) is 5.86. The van der Waals surface area contributed by atoms with E-state index >= 15 is 0 Å². The van der Waals surface area contributed by atoms with Gasteiger partial charge in [0.2, 0.25) is 0 Å². The number of carbonyl (C=O) groups is 4. The SMILES string of the molecule is CN(Cc1cccc(F)c1)C(=O)COC(=O)CN1C(=O)N(C)C2(CCCCC2)C1=O. The molecule has 0 aromatic heterocycles. The fourth-order valence-electron chi connectivity index (χ4n) is 4.10. The number of amides is 4. The largest absolute Gasteiger partial charge is 0.454 e. The number of esters is 1. The maximum Gasteiger partial charge on any atom is 0.327 e. The number of hydrogen-bond acceptors (Lipinski definition) is 5. The highest BCUT2D eigenvalue weighted by Gasteiger charge is 2.55. The molecule has 1 aromatic rings. The van der Waals surface area contributed by atoms with Gasteiger partial charge in [0.15, 0.2) is 6.61 Å². The minimum absolute atomic E-state index is 0.157. The van der Waals surface area contributed by atoms with Gasteiger partial charge in [0.05, 0.1) is 0 Å². The summed E-state index contributed by atoms with van der Waals surface area (Å²) in [6.07, 6.45) is 3.90. The Bertz CT molecular complexity index is 853. The molecular formula is C21H26FN3O5. The molecule has 0 N–H and O–H groups in total. The van der Waals surface area contributed by atoms with Crippen LogP contribution < -0.4 is 0 Å². The van der Waals surface area contributed by atoms with Crippen molar-refractivity contribution >= 4 is 23.8 Å². The van der Waals surface area contributed by atoms with Gasteiger partial charge in [-0.1, -0.05) is 31.4 Å². The molecule has 1 spiro atoms. The van der Waals surface area contributed by atoms with Gasteiger partial charge in [-0.05, 0) is 30.5 Å². The Morgan fingerprint density at radius 3 is 2.57 bits per heavy atom. The van der Waals surface area contributed by atoms with E-state index in [4.69, 9.17) is 4.74 Å². The molecule has 0 unspecified atom stereocenters. The number of ether oxygens (including phenoxy) is 1. The minimum atomic E-state index is -0.864. The van der Waals surface area contributed by atoms with E-state index in [1.165, 1.54) is 29.0 Å². The molecule has 0 atom stereocenters. The summed E-state index contributed by atoms with van der Waals surface area (Å²) in [6, 6.07) is 5.33. The second-order valence-corrected chi connectivity index (χ2v) is 7.87. The van der Waals surface area contributed by atoms with Crippen molar-refractivity contribution in [2.24, 2.45) is 0 Å². The van der Waals surface area contributed by atoms with Crippen LogP contribution in [0, 0.1) is 5.82 Å². The molecule has 2 aliphatic rings. The quantitative estimate of drug-likeness (QED) is 0.519. The number of likely N-dealkylation sites (N-methyl/N-ethyl adjacent to an activating group) is 2. The normalized spacial score (nSPS) is 18.1. The summed E-state index contributed by atoms with van der Waals surface area (Å²) < 4.78 is 18.2. The number of benzene rings is 1. The highest BCUT2D eigenvalue weighted by Crippen LogP contribution is 2.39. The first-order valence-corrected chi connectivity index (χ1v) is 9.98. The number of urea groups is 1. The van der Waals surface area contributed by atoms with Crippen LogP contribution in [0.25, 0.3) is 0 Å². The molecule has 1 aliphatic carbocycles. The number of imide groups is 1. The maximum atomic E-state index is 13.3. The lowest BCUT2D eigenvalue weighted by Crippen LogP contribution is -2.49. The van der Waals surface area contributed by atoms with E-state index in [-0.39, 0.29) is 12.5 Å². The fourth-order valence-corrected chi connectivity index (χ4v) is 4.10. The van der Waals surface area contributed by atoms with E-state index in [0.717, 1.165) is 24.2 Å². The minimum Gasteiger partial charge on any atom is -0.454 e. The first kappa shape index (κ1) is 21.7. The standard InChI is InChI=1S/C21H26FN3O5/c1-23(12-15-7-6-8-16(22)11-15)17(26)14-30-18(27)13-25-19(28)21(24(2)20(25)29)9-4-3-5-10-21/h6-8,11H,3-5,9-10,12-14H2,1-2H3. The van der Waals surface area contributed by atoms with Gasteiger partial charge in [-0.2, -0.15) is 0 Å². The summed E-state index contributed by atoms with van der Waals surface area (Å²) in [6.45, 7) is -0.892. The number of rotatable bonds is 6. The third-order valence-electron chi connectivity index (χ3n) is 5.86. The Labute approximate surface area is 174 Å². The lowest BCUT2D eigenvalue weighted by atomic mass is 9.81. The van der Waals surface area contributed by atoms with Gasteiger partial charge in [-0.3, -0.25) is 19.3 Å². The molecule has 9 heteroatoms. The van der Waals surface area contributed by atoms with Crippen molar-refractivity contribution in [3.05, 3.63) is 35.6 Å². The van der Waals surface area contributed by atoms with Crippen molar-refractivity contribution in [2.75, 3.05) is 27.2 Å². The van der Waals surface area contributed by atoms with Gasteiger partial charge in [-0.25, -0.2) is 9.18 Å². The smallest absolute Gasteiger partial charge is 0.327 e. The van der Waals surface area contributed by atoms with Gasteiger partial charge in [0, 0.05) is 20.6 Å². The van der Waals surface area contributed by atoms with Crippen LogP contribution in [-0.2, 0) is 25.7 Å². The Morgan fingerprint density at radius 1 is 1.20 bits per heavy atom. The molecule has 1 heterocycles. The third kappa shape index (κ3) is 4.29. The Morgan fingerprint density at radius 2 is 1.90 bits per heavy atom. The van der Waals surface area contributed by atoms with E-state index in [1.54, 1.807) is 19.2 Å². The molecule has 0 bridgehead atoms. The fraction of sp³-hybridized carbons (Fsp3) is 0.524. The van der Waals surface area contributed by atoms with Gasteiger partial charge < -0.3 is 14.5 Å². The van der Waals surface area contributed by atoms with Crippen molar-refractivity contribution < 1.29 is 28.3 Å².